The molecule has 3 N–H and O–H groups in total. The third-order valence-electron chi connectivity index (χ3n) is 7.79. The van der Waals surface area contributed by atoms with Crippen molar-refractivity contribution in [1.29, 1.82) is 0 Å². The molecule has 2 aromatic heterocycles. The monoisotopic (exact) mass is 558 g/mol. The lowest BCUT2D eigenvalue weighted by atomic mass is 9.90. The SMILES string of the molecule is CC1CC1CN(Cc1ccccc1)c1cc(-c2cc([C@](C)(N)Cc3ccccc3)[nH]n2)cc(N(C)S(C)(=O)=O)n1. The Morgan fingerprint density at radius 1 is 1.00 bits per heavy atom. The topological polar surface area (TPSA) is 108 Å². The summed E-state index contributed by atoms with van der Waals surface area (Å²) in [7, 11) is -1.99. The van der Waals surface area contributed by atoms with Gasteiger partial charge in [-0.3, -0.25) is 9.40 Å². The number of hydrogen-bond acceptors (Lipinski definition) is 6. The van der Waals surface area contributed by atoms with E-state index in [1.165, 1.54) is 29.6 Å². The van der Waals surface area contributed by atoms with Crippen molar-refractivity contribution < 1.29 is 8.42 Å². The van der Waals surface area contributed by atoms with Gasteiger partial charge in [0.15, 0.2) is 0 Å². The number of benzene rings is 2. The van der Waals surface area contributed by atoms with Crippen molar-refractivity contribution >= 4 is 21.7 Å². The number of anilines is 2. The fourth-order valence-corrected chi connectivity index (χ4v) is 5.43. The molecule has 8 nitrogen and oxygen atoms in total. The molecule has 5 rings (SSSR count). The molecule has 0 bridgehead atoms. The molecule has 0 saturated heterocycles. The van der Waals surface area contributed by atoms with Crippen LogP contribution in [-0.2, 0) is 28.5 Å². The van der Waals surface area contributed by atoms with Gasteiger partial charge in [-0.2, -0.15) is 5.10 Å². The van der Waals surface area contributed by atoms with Crippen LogP contribution in [0.3, 0.4) is 0 Å². The van der Waals surface area contributed by atoms with Crippen molar-refractivity contribution in [2.45, 2.75) is 38.8 Å². The number of hydrogen-bond donors (Lipinski definition) is 2. The molecule has 0 aliphatic heterocycles. The van der Waals surface area contributed by atoms with E-state index in [4.69, 9.17) is 10.7 Å². The summed E-state index contributed by atoms with van der Waals surface area (Å²) in [5, 5.41) is 7.75. The highest BCUT2D eigenvalue weighted by molar-refractivity contribution is 7.92. The first-order valence-corrected chi connectivity index (χ1v) is 15.5. The maximum Gasteiger partial charge on any atom is 0.233 e. The van der Waals surface area contributed by atoms with Gasteiger partial charge in [0, 0.05) is 25.7 Å². The Morgan fingerprint density at radius 2 is 1.60 bits per heavy atom. The summed E-state index contributed by atoms with van der Waals surface area (Å²) in [5.41, 5.74) is 10.7. The molecule has 1 aliphatic carbocycles. The van der Waals surface area contributed by atoms with E-state index in [9.17, 15) is 8.42 Å². The Balaban J connectivity index is 1.53. The second-order valence-electron chi connectivity index (χ2n) is 11.4. The Bertz CT molecular complexity index is 1550. The predicted molar refractivity (Wildman–Crippen MR) is 162 cm³/mol. The van der Waals surface area contributed by atoms with Gasteiger partial charge in [0.1, 0.15) is 11.6 Å². The van der Waals surface area contributed by atoms with Crippen LogP contribution in [0, 0.1) is 11.8 Å². The maximum absolute atomic E-state index is 12.5. The molecule has 210 valence electrons. The van der Waals surface area contributed by atoms with Crippen LogP contribution in [0.15, 0.2) is 78.9 Å². The second-order valence-corrected chi connectivity index (χ2v) is 13.4. The van der Waals surface area contributed by atoms with E-state index >= 15 is 0 Å². The standard InChI is InChI=1S/C31H38N6O2S/c1-22-15-26(22)21-37(20-24-13-9-6-10-14-24)30-17-25(16-29(33-30)36(3)40(4,38)39)27-18-28(35-34-27)31(2,32)19-23-11-7-5-8-12-23/h5-14,16-18,22,26H,15,19-21,32H2,1-4H3,(H,34,35)/t22?,26?,31-/m1/s1. The summed E-state index contributed by atoms with van der Waals surface area (Å²) >= 11 is 0. The number of aromatic amines is 1. The number of rotatable bonds is 11. The van der Waals surface area contributed by atoms with Crippen molar-refractivity contribution in [3.05, 3.63) is 95.7 Å². The maximum atomic E-state index is 12.5. The molecule has 0 amide bonds. The quantitative estimate of drug-likeness (QED) is 0.270. The van der Waals surface area contributed by atoms with Crippen molar-refractivity contribution in [1.82, 2.24) is 15.2 Å². The molecule has 4 aromatic rings. The predicted octanol–water partition coefficient (Wildman–Crippen LogP) is 4.95. The van der Waals surface area contributed by atoms with Gasteiger partial charge in [0.05, 0.1) is 23.2 Å². The van der Waals surface area contributed by atoms with E-state index in [2.05, 4.69) is 46.3 Å². The van der Waals surface area contributed by atoms with Gasteiger partial charge >= 0.3 is 0 Å². The number of sulfonamides is 1. The third kappa shape index (κ3) is 6.54. The van der Waals surface area contributed by atoms with Gasteiger partial charge in [0.2, 0.25) is 10.0 Å². The first-order valence-electron chi connectivity index (χ1n) is 13.6. The Kier molecular flexibility index (Phi) is 7.70. The highest BCUT2D eigenvalue weighted by atomic mass is 32.2. The zero-order valence-electron chi connectivity index (χ0n) is 23.6. The zero-order valence-corrected chi connectivity index (χ0v) is 24.4. The molecular formula is C31H38N6O2S. The van der Waals surface area contributed by atoms with Crippen LogP contribution in [0.5, 0.6) is 0 Å². The third-order valence-corrected chi connectivity index (χ3v) is 8.97. The summed E-state index contributed by atoms with van der Waals surface area (Å²) in [6.45, 7) is 5.77. The van der Waals surface area contributed by atoms with Gasteiger partial charge in [-0.1, -0.05) is 67.6 Å². The largest absolute Gasteiger partial charge is 0.352 e. The molecular weight excluding hydrogens is 520 g/mol. The number of H-pyrrole nitrogens is 1. The van der Waals surface area contributed by atoms with Crippen LogP contribution in [0.25, 0.3) is 11.3 Å². The van der Waals surface area contributed by atoms with Gasteiger partial charge in [-0.05, 0) is 60.9 Å². The molecule has 3 atom stereocenters. The number of pyridine rings is 1. The molecule has 1 saturated carbocycles. The van der Waals surface area contributed by atoms with E-state index < -0.39 is 15.6 Å². The first-order chi connectivity index (χ1) is 19.0. The molecule has 0 spiro atoms. The van der Waals surface area contributed by atoms with Crippen molar-refractivity contribution in [2.24, 2.45) is 17.6 Å². The van der Waals surface area contributed by atoms with Gasteiger partial charge in [0.25, 0.3) is 0 Å². The fourth-order valence-electron chi connectivity index (χ4n) is 5.00. The minimum absolute atomic E-state index is 0.348. The van der Waals surface area contributed by atoms with E-state index in [1.807, 2.05) is 55.5 Å². The normalized spacial score (nSPS) is 18.2. The van der Waals surface area contributed by atoms with Crippen molar-refractivity contribution in [2.75, 3.05) is 29.1 Å². The second kappa shape index (κ2) is 11.1. The molecule has 1 aliphatic rings. The summed E-state index contributed by atoms with van der Waals surface area (Å²) in [6, 6.07) is 26.1. The Labute approximate surface area is 237 Å². The average molecular weight is 559 g/mol. The van der Waals surface area contributed by atoms with E-state index in [1.54, 1.807) is 6.07 Å². The molecule has 0 radical (unpaired) electrons. The highest BCUT2D eigenvalue weighted by Gasteiger charge is 2.35. The van der Waals surface area contributed by atoms with E-state index in [0.717, 1.165) is 29.2 Å². The van der Waals surface area contributed by atoms with Gasteiger partial charge < -0.3 is 10.6 Å². The molecule has 9 heteroatoms. The first kappa shape index (κ1) is 27.9. The van der Waals surface area contributed by atoms with E-state index in [-0.39, 0.29) is 0 Å². The van der Waals surface area contributed by atoms with E-state index in [0.29, 0.717) is 36.3 Å². The fraction of sp³-hybridized carbons (Fsp3) is 0.355. The Morgan fingerprint density at radius 3 is 2.20 bits per heavy atom. The minimum atomic E-state index is -3.52. The minimum Gasteiger partial charge on any atom is -0.352 e. The van der Waals surface area contributed by atoms with Crippen molar-refractivity contribution in [3.8, 4) is 11.3 Å². The number of nitrogens with one attached hydrogen (secondary N) is 1. The van der Waals surface area contributed by atoms with Gasteiger partial charge in [-0.15, -0.1) is 0 Å². The zero-order chi connectivity index (χ0) is 28.5. The summed E-state index contributed by atoms with van der Waals surface area (Å²) in [4.78, 5) is 7.10. The number of nitrogens with zero attached hydrogens (tertiary/aromatic N) is 4. The lowest BCUT2D eigenvalue weighted by Crippen LogP contribution is -2.35. The van der Waals surface area contributed by atoms with Gasteiger partial charge in [-0.25, -0.2) is 13.4 Å². The lowest BCUT2D eigenvalue weighted by Gasteiger charge is -2.26. The average Bonchev–Trinajstić information content (AvgIpc) is 3.38. The van der Waals surface area contributed by atoms with Crippen LogP contribution in [0.1, 0.15) is 37.1 Å². The number of nitrogens with two attached hydrogens (primary N) is 1. The summed E-state index contributed by atoms with van der Waals surface area (Å²) in [6.07, 6.45) is 3.01. The smallest absolute Gasteiger partial charge is 0.233 e. The molecule has 2 unspecified atom stereocenters. The summed E-state index contributed by atoms with van der Waals surface area (Å²) < 4.78 is 26.3. The highest BCUT2D eigenvalue weighted by Crippen LogP contribution is 2.40. The van der Waals surface area contributed by atoms with Crippen LogP contribution in [0.2, 0.25) is 0 Å². The molecule has 40 heavy (non-hydrogen) atoms. The lowest BCUT2D eigenvalue weighted by molar-refractivity contribution is 0.475. The molecule has 1 fully saturated rings. The number of aromatic nitrogens is 3. The van der Waals surface area contributed by atoms with Crippen molar-refractivity contribution in [3.63, 3.8) is 0 Å². The Hall–Kier alpha value is -3.69. The van der Waals surface area contributed by atoms with Crippen LogP contribution >= 0.6 is 0 Å². The summed E-state index contributed by atoms with van der Waals surface area (Å²) in [5.74, 6) is 2.31. The van der Waals surface area contributed by atoms with Crippen LogP contribution < -0.4 is 14.9 Å². The van der Waals surface area contributed by atoms with Crippen LogP contribution in [-0.4, -0.2) is 43.4 Å². The molecule has 2 heterocycles. The molecule has 2 aromatic carbocycles. The van der Waals surface area contributed by atoms with Crippen LogP contribution in [0.4, 0.5) is 11.6 Å².